The number of esters is 2. The number of aliphatic hydroxyl groups is 1. The van der Waals surface area contributed by atoms with Crippen molar-refractivity contribution >= 4 is 11.9 Å². The van der Waals surface area contributed by atoms with Crippen LogP contribution in [0.5, 0.6) is 0 Å². The van der Waals surface area contributed by atoms with E-state index in [0.717, 1.165) is 30.3 Å². The van der Waals surface area contributed by atoms with Crippen LogP contribution in [0.15, 0.2) is 24.8 Å². The molecule has 0 aromatic carbocycles. The Morgan fingerprint density at radius 1 is 0.939 bits per heavy atom. The minimum atomic E-state index is -0.591. The molecule has 0 heterocycles. The van der Waals surface area contributed by atoms with Crippen molar-refractivity contribution in [3.63, 3.8) is 0 Å². The molecule has 2 aliphatic rings. The van der Waals surface area contributed by atoms with Gasteiger partial charge < -0.3 is 14.6 Å². The zero-order chi connectivity index (χ0) is 24.1. The maximum atomic E-state index is 11.9. The van der Waals surface area contributed by atoms with E-state index in [1.54, 1.807) is 0 Å². The Morgan fingerprint density at radius 2 is 1.52 bits per heavy atom. The van der Waals surface area contributed by atoms with E-state index in [4.69, 9.17) is 14.6 Å². The van der Waals surface area contributed by atoms with Gasteiger partial charge in [0.25, 0.3) is 0 Å². The molecular formula is C28H46O5. The van der Waals surface area contributed by atoms with Crippen molar-refractivity contribution in [3.05, 3.63) is 24.8 Å². The topological polar surface area (TPSA) is 72.8 Å². The number of hydrogen-bond donors (Lipinski definition) is 1. The lowest BCUT2D eigenvalue weighted by molar-refractivity contribution is -0.144. The second kappa shape index (κ2) is 15.3. The van der Waals surface area contributed by atoms with Crippen LogP contribution >= 0.6 is 0 Å². The Hall–Kier alpha value is -1.62. The molecule has 0 bridgehead atoms. The average molecular weight is 463 g/mol. The van der Waals surface area contributed by atoms with E-state index >= 15 is 0 Å². The van der Waals surface area contributed by atoms with Crippen molar-refractivity contribution < 1.29 is 24.2 Å². The van der Waals surface area contributed by atoms with E-state index in [0.29, 0.717) is 5.92 Å². The summed E-state index contributed by atoms with van der Waals surface area (Å²) < 4.78 is 10.6. The smallest absolute Gasteiger partial charge is 0.335 e. The first-order chi connectivity index (χ1) is 16.0. The molecule has 0 aromatic heterocycles. The Bertz CT molecular complexity index is 612. The fourth-order valence-corrected chi connectivity index (χ4v) is 5.80. The van der Waals surface area contributed by atoms with Gasteiger partial charge >= 0.3 is 11.9 Å². The van der Waals surface area contributed by atoms with Gasteiger partial charge in [0.1, 0.15) is 0 Å². The zero-order valence-electron chi connectivity index (χ0n) is 20.8. The molecule has 33 heavy (non-hydrogen) atoms. The molecule has 2 rings (SSSR count). The third-order valence-corrected chi connectivity index (χ3v) is 7.89. The molecule has 1 atom stereocenters. The Balaban J connectivity index is 1.75. The van der Waals surface area contributed by atoms with Gasteiger partial charge in [-0.1, -0.05) is 71.4 Å². The third-order valence-electron chi connectivity index (χ3n) is 7.89. The van der Waals surface area contributed by atoms with Gasteiger partial charge in [-0.15, -0.1) is 0 Å². The van der Waals surface area contributed by atoms with Crippen LogP contribution in [0.3, 0.4) is 0 Å². The average Bonchev–Trinajstić information content (AvgIpc) is 2.85. The number of unbranched alkanes of at least 4 members (excludes halogenated alkanes) is 2. The zero-order valence-corrected chi connectivity index (χ0v) is 20.8. The molecule has 1 unspecified atom stereocenters. The van der Waals surface area contributed by atoms with E-state index in [9.17, 15) is 9.59 Å². The molecule has 188 valence electrons. The fraction of sp³-hybridized carbons (Fsp3) is 0.786. The minimum absolute atomic E-state index is 0.0393. The minimum Gasteiger partial charge on any atom is -0.462 e. The van der Waals surface area contributed by atoms with Gasteiger partial charge in [0.15, 0.2) is 0 Å². The third kappa shape index (κ3) is 10.0. The van der Waals surface area contributed by atoms with Crippen molar-refractivity contribution in [2.75, 3.05) is 19.8 Å². The van der Waals surface area contributed by atoms with E-state index in [1.807, 2.05) is 0 Å². The summed E-state index contributed by atoms with van der Waals surface area (Å²) in [6.07, 6.45) is 18.2. The molecule has 0 amide bonds. The van der Waals surface area contributed by atoms with Crippen LogP contribution in [-0.4, -0.2) is 36.9 Å². The molecule has 0 radical (unpaired) electrons. The number of hydrogen-bond acceptors (Lipinski definition) is 5. The second-order valence-corrected chi connectivity index (χ2v) is 10.4. The highest BCUT2D eigenvalue weighted by Crippen LogP contribution is 2.43. The summed E-state index contributed by atoms with van der Waals surface area (Å²) in [6, 6.07) is 0. The number of carbonyl (C=O) groups is 2. The standard InChI is InChI=1S/C28H46O5/c1-4-6-7-8-22-9-13-25(14-10-22)26-15-11-23(12-16-26)17-24(19-32-27(30)5-2)20-33-28(31)21(3)18-29/h5,22-26,29H,2-4,6-20H2,1H3. The summed E-state index contributed by atoms with van der Waals surface area (Å²) in [7, 11) is 0. The molecule has 2 fully saturated rings. The second-order valence-electron chi connectivity index (χ2n) is 10.4. The van der Waals surface area contributed by atoms with Gasteiger partial charge in [0.05, 0.1) is 25.4 Å². The predicted octanol–water partition coefficient (Wildman–Crippen LogP) is 6.01. The summed E-state index contributed by atoms with van der Waals surface area (Å²) >= 11 is 0. The molecule has 2 saturated carbocycles. The van der Waals surface area contributed by atoms with Crippen molar-refractivity contribution in [3.8, 4) is 0 Å². The Kier molecular flexibility index (Phi) is 12.8. The van der Waals surface area contributed by atoms with Crippen molar-refractivity contribution in [2.45, 2.75) is 90.4 Å². The van der Waals surface area contributed by atoms with Crippen LogP contribution in [0, 0.1) is 29.6 Å². The van der Waals surface area contributed by atoms with E-state index in [-0.39, 0.29) is 24.7 Å². The van der Waals surface area contributed by atoms with Crippen LogP contribution in [0.2, 0.25) is 0 Å². The monoisotopic (exact) mass is 462 g/mol. The summed E-state index contributed by atoms with van der Waals surface area (Å²) in [4.78, 5) is 23.4. The molecule has 0 aliphatic heterocycles. The normalized spacial score (nSPS) is 26.2. The van der Waals surface area contributed by atoms with Crippen LogP contribution in [-0.2, 0) is 19.1 Å². The molecule has 1 N–H and O–H groups in total. The summed E-state index contributed by atoms with van der Waals surface area (Å²) in [5.41, 5.74) is 0.0393. The van der Waals surface area contributed by atoms with Gasteiger partial charge in [0, 0.05) is 12.0 Å². The van der Waals surface area contributed by atoms with Gasteiger partial charge in [-0.2, -0.15) is 0 Å². The molecule has 0 aromatic rings. The number of rotatable bonds is 14. The number of carbonyl (C=O) groups excluding carboxylic acids is 2. The summed E-state index contributed by atoms with van der Waals surface area (Å²) in [5, 5.41) is 9.05. The number of ether oxygens (including phenoxy) is 2. The number of aliphatic hydroxyl groups excluding tert-OH is 1. The largest absolute Gasteiger partial charge is 0.462 e. The first kappa shape index (κ1) is 27.6. The maximum Gasteiger partial charge on any atom is 0.335 e. The predicted molar refractivity (Wildman–Crippen MR) is 131 cm³/mol. The van der Waals surface area contributed by atoms with Crippen LogP contribution < -0.4 is 0 Å². The van der Waals surface area contributed by atoms with E-state index in [1.165, 1.54) is 77.0 Å². The first-order valence-electron chi connectivity index (χ1n) is 13.2. The lowest BCUT2D eigenvalue weighted by atomic mass is 9.68. The molecule has 5 heteroatoms. The first-order valence-corrected chi connectivity index (χ1v) is 13.2. The fourth-order valence-electron chi connectivity index (χ4n) is 5.80. The summed E-state index contributed by atoms with van der Waals surface area (Å²) in [6.45, 7) is 9.20. The van der Waals surface area contributed by atoms with Crippen LogP contribution in [0.25, 0.3) is 0 Å². The van der Waals surface area contributed by atoms with E-state index < -0.39 is 18.5 Å². The van der Waals surface area contributed by atoms with Gasteiger partial charge in [0.2, 0.25) is 0 Å². The lowest BCUT2D eigenvalue weighted by Gasteiger charge is -2.38. The van der Waals surface area contributed by atoms with Gasteiger partial charge in [-0.3, -0.25) is 0 Å². The quantitative estimate of drug-likeness (QED) is 0.194. The Labute approximate surface area is 201 Å². The molecule has 2 aliphatic carbocycles. The van der Waals surface area contributed by atoms with Crippen molar-refractivity contribution in [1.82, 2.24) is 0 Å². The molecule has 0 saturated heterocycles. The highest BCUT2D eigenvalue weighted by Gasteiger charge is 2.32. The Morgan fingerprint density at radius 3 is 2.06 bits per heavy atom. The highest BCUT2D eigenvalue weighted by molar-refractivity contribution is 5.87. The molecule has 5 nitrogen and oxygen atoms in total. The van der Waals surface area contributed by atoms with Crippen molar-refractivity contribution in [2.24, 2.45) is 29.6 Å². The molecular weight excluding hydrogens is 416 g/mol. The summed E-state index contributed by atoms with van der Waals surface area (Å²) in [5.74, 6) is 2.20. The lowest BCUT2D eigenvalue weighted by Crippen LogP contribution is -2.28. The van der Waals surface area contributed by atoms with Gasteiger partial charge in [-0.25, -0.2) is 9.59 Å². The maximum absolute atomic E-state index is 11.9. The van der Waals surface area contributed by atoms with Gasteiger partial charge in [-0.05, 0) is 55.8 Å². The van der Waals surface area contributed by atoms with Crippen LogP contribution in [0.4, 0.5) is 0 Å². The van der Waals surface area contributed by atoms with Crippen LogP contribution in [0.1, 0.15) is 90.4 Å². The van der Waals surface area contributed by atoms with E-state index in [2.05, 4.69) is 20.1 Å². The molecule has 0 spiro atoms. The highest BCUT2D eigenvalue weighted by atomic mass is 16.5. The SMILES string of the molecule is C=CC(=O)OCC(COC(=O)C(=C)CO)CC1CCC(C2CCC(CCCCC)CC2)CC1. The van der Waals surface area contributed by atoms with Crippen molar-refractivity contribution in [1.29, 1.82) is 0 Å².